The number of benzene rings is 3. The maximum Gasteiger partial charge on any atom is 0.329 e. The molecule has 3 aliphatic rings. The maximum absolute atomic E-state index is 13.7. The molecule has 0 radical (unpaired) electrons. The van der Waals surface area contributed by atoms with Crippen molar-refractivity contribution < 1.29 is 57.4 Å². The number of ketones is 3. The second-order valence-electron chi connectivity index (χ2n) is 19.0. The third-order valence-electron chi connectivity index (χ3n) is 13.3. The van der Waals surface area contributed by atoms with Crippen LogP contribution in [0.15, 0.2) is 60.7 Å². The van der Waals surface area contributed by atoms with Gasteiger partial charge in [0.15, 0.2) is 11.6 Å². The molecule has 1 N–H and O–H groups in total. The van der Waals surface area contributed by atoms with Crippen LogP contribution in [-0.4, -0.2) is 94.5 Å². The Bertz CT molecular complexity index is 2440. The van der Waals surface area contributed by atoms with Gasteiger partial charge >= 0.3 is 5.97 Å². The van der Waals surface area contributed by atoms with E-state index in [1.165, 1.54) is 28.2 Å². The maximum atomic E-state index is 13.7. The van der Waals surface area contributed by atoms with Crippen molar-refractivity contribution in [2.45, 2.75) is 157 Å². The average molecular weight is 964 g/mol. The minimum Gasteiger partial charge on any atom is -0.486 e. The van der Waals surface area contributed by atoms with Gasteiger partial charge in [0.05, 0.1) is 11.1 Å². The van der Waals surface area contributed by atoms with E-state index in [0.717, 1.165) is 54.6 Å². The number of unbranched alkanes of at least 4 members (excludes halogenated alkanes) is 2. The highest BCUT2D eigenvalue weighted by Gasteiger charge is 2.46. The predicted molar refractivity (Wildman–Crippen MR) is 261 cm³/mol. The van der Waals surface area contributed by atoms with Gasteiger partial charge in [-0.05, 0) is 118 Å². The fourth-order valence-corrected chi connectivity index (χ4v) is 8.39. The predicted octanol–water partition coefficient (Wildman–Crippen LogP) is 8.27. The van der Waals surface area contributed by atoms with Crippen molar-refractivity contribution in [1.29, 1.82) is 0 Å². The number of carbonyl (C=O) groups is 9. The van der Waals surface area contributed by atoms with Crippen LogP contribution in [0.2, 0.25) is 0 Å². The first kappa shape index (κ1) is 54.4. The van der Waals surface area contributed by atoms with Gasteiger partial charge in [0, 0.05) is 31.2 Å². The Morgan fingerprint density at radius 2 is 1.47 bits per heavy atom. The summed E-state index contributed by atoms with van der Waals surface area (Å²) in [4.78, 5) is 115. The van der Waals surface area contributed by atoms with Crippen molar-refractivity contribution in [1.82, 2.24) is 15.1 Å². The summed E-state index contributed by atoms with van der Waals surface area (Å²) in [6, 6.07) is 16.4. The zero-order valence-electron chi connectivity index (χ0n) is 41.8. The summed E-state index contributed by atoms with van der Waals surface area (Å²) in [5.41, 5.74) is 3.69. The van der Waals surface area contributed by atoms with Crippen molar-refractivity contribution in [3.63, 3.8) is 0 Å². The third kappa shape index (κ3) is 14.1. The van der Waals surface area contributed by atoms with Gasteiger partial charge in [-0.15, -0.1) is 0 Å². The lowest BCUT2D eigenvalue weighted by molar-refractivity contribution is -0.164. The molecule has 15 heteroatoms. The number of hydrogen-bond donors (Lipinski definition) is 1. The number of Topliss-reactive ketones (excluding diaryl/α,β-unsaturated/α-hetero) is 3. The Kier molecular flexibility index (Phi) is 19.7. The molecular formula is C55H69N3O12. The van der Waals surface area contributed by atoms with Crippen LogP contribution in [0.4, 0.5) is 0 Å². The number of rotatable bonds is 22. The van der Waals surface area contributed by atoms with Crippen molar-refractivity contribution in [2.24, 2.45) is 5.41 Å². The number of piperidine rings is 2. The molecule has 2 fully saturated rings. The quantitative estimate of drug-likeness (QED) is 0.0575. The monoisotopic (exact) mass is 963 g/mol. The molecule has 3 aliphatic heterocycles. The summed E-state index contributed by atoms with van der Waals surface area (Å²) in [5.74, 6) is -3.29. The zero-order valence-corrected chi connectivity index (χ0v) is 41.8. The molecular weight excluding hydrogens is 895 g/mol. The van der Waals surface area contributed by atoms with Gasteiger partial charge in [0.2, 0.25) is 17.6 Å². The van der Waals surface area contributed by atoms with Crippen LogP contribution < -0.4 is 14.8 Å². The zero-order chi connectivity index (χ0) is 51.1. The number of carbonyl (C=O) groups excluding carboxylic acids is 9. The standard InChI is InChI=1S/C36H49NO6.C19H20N2O6/c1-7-9-14-29(38)24-42-30-15-12-13-28(23-30)32(20-19-27-18-17-25(3)26(4)22-27)43-35(41)31-16-10-11-21-37(31)34(40)33(39)36(5,6)8-2;1-2-3-5-11(22)10-27-14-7-4-6-12-16(14)19(26)21(18(12)25)13-8-9-15(23)20-17(13)24/h12-13,15,17-18,22-23,31-32H,7-11,14,16,19-21,24H2,1-6H3;4,6-7,13H,2-3,5,8-10H2,1H3,(H,20,23,24)/t31-,32+;/m0./s1. The van der Waals surface area contributed by atoms with Crippen LogP contribution in [0.3, 0.4) is 0 Å². The van der Waals surface area contributed by atoms with Gasteiger partial charge in [0.25, 0.3) is 17.7 Å². The molecule has 3 aromatic carbocycles. The summed E-state index contributed by atoms with van der Waals surface area (Å²) < 4.78 is 17.5. The van der Waals surface area contributed by atoms with Crippen molar-refractivity contribution in [3.8, 4) is 11.5 Å². The van der Waals surface area contributed by atoms with Crippen LogP contribution in [-0.2, 0) is 44.7 Å². The van der Waals surface area contributed by atoms with Crippen molar-refractivity contribution in [3.05, 3.63) is 94.0 Å². The largest absolute Gasteiger partial charge is 0.486 e. The summed E-state index contributed by atoms with van der Waals surface area (Å²) in [5, 5.41) is 2.15. The number of likely N-dealkylation sites (tertiary alicyclic amines) is 1. The normalized spacial score (nSPS) is 17.2. The van der Waals surface area contributed by atoms with Crippen molar-refractivity contribution in [2.75, 3.05) is 19.8 Å². The molecule has 3 atom stereocenters. The second kappa shape index (κ2) is 25.4. The number of fused-ring (bicyclic) bond motifs is 1. The number of hydrogen-bond acceptors (Lipinski definition) is 12. The number of ether oxygens (including phenoxy) is 3. The number of imide groups is 2. The summed E-state index contributed by atoms with van der Waals surface area (Å²) in [7, 11) is 0. The lowest BCUT2D eigenvalue weighted by atomic mass is 9.84. The molecule has 376 valence electrons. The first-order valence-corrected chi connectivity index (χ1v) is 24.8. The second-order valence-corrected chi connectivity index (χ2v) is 19.0. The lowest BCUT2D eigenvalue weighted by Gasteiger charge is -2.36. The number of nitrogens with one attached hydrogen (secondary N) is 1. The molecule has 0 spiro atoms. The van der Waals surface area contributed by atoms with Gasteiger partial charge in [-0.3, -0.25) is 48.6 Å². The van der Waals surface area contributed by atoms with E-state index in [0.29, 0.717) is 50.8 Å². The van der Waals surface area contributed by atoms with Crippen LogP contribution in [0.1, 0.15) is 167 Å². The van der Waals surface area contributed by atoms with E-state index < -0.39 is 64.9 Å². The fraction of sp³-hybridized carbons (Fsp3) is 0.509. The lowest BCUT2D eigenvalue weighted by Crippen LogP contribution is -2.54. The summed E-state index contributed by atoms with van der Waals surface area (Å²) in [6.45, 7) is 13.8. The van der Waals surface area contributed by atoms with E-state index in [-0.39, 0.29) is 54.5 Å². The molecule has 6 rings (SSSR count). The SMILES string of the molecule is CCCCC(=O)COc1cccc([C@@H](CCc2ccc(C)c(C)c2)OC(=O)[C@@H]2CCCCN2C(=O)C(=O)C(C)(C)CC)c1.CCCCC(=O)COc1cccc2c1C(=O)N(C1CCC(=O)NC1=O)C2=O. The summed E-state index contributed by atoms with van der Waals surface area (Å²) >= 11 is 0. The van der Waals surface area contributed by atoms with Crippen LogP contribution in [0.5, 0.6) is 11.5 Å². The molecule has 0 bridgehead atoms. The first-order chi connectivity index (χ1) is 33.4. The van der Waals surface area contributed by atoms with Gasteiger partial charge in [0.1, 0.15) is 42.9 Å². The van der Waals surface area contributed by atoms with Gasteiger partial charge < -0.3 is 19.1 Å². The smallest absolute Gasteiger partial charge is 0.329 e. The number of amides is 5. The Labute approximate surface area is 411 Å². The molecule has 0 aromatic heterocycles. The van der Waals surface area contributed by atoms with E-state index in [4.69, 9.17) is 14.2 Å². The van der Waals surface area contributed by atoms with E-state index in [1.54, 1.807) is 26.0 Å². The Balaban J connectivity index is 0.000000289. The Morgan fingerprint density at radius 3 is 2.13 bits per heavy atom. The van der Waals surface area contributed by atoms with Gasteiger partial charge in [-0.2, -0.15) is 0 Å². The van der Waals surface area contributed by atoms with Crippen LogP contribution >= 0.6 is 0 Å². The first-order valence-electron chi connectivity index (χ1n) is 24.8. The topological polar surface area (TPSA) is 200 Å². The molecule has 1 unspecified atom stereocenters. The highest BCUT2D eigenvalue weighted by molar-refractivity contribution is 6.38. The number of nitrogens with zero attached hydrogens (tertiary/aromatic N) is 2. The number of aryl methyl sites for hydroxylation is 3. The Morgan fingerprint density at radius 1 is 0.786 bits per heavy atom. The molecule has 15 nitrogen and oxygen atoms in total. The summed E-state index contributed by atoms with van der Waals surface area (Å²) in [6.07, 6.45) is 7.55. The van der Waals surface area contributed by atoms with E-state index in [9.17, 15) is 43.2 Å². The highest BCUT2D eigenvalue weighted by Crippen LogP contribution is 2.34. The molecule has 0 saturated carbocycles. The average Bonchev–Trinajstić information content (AvgIpc) is 3.61. The molecule has 2 saturated heterocycles. The molecule has 3 aromatic rings. The molecule has 5 amide bonds. The highest BCUT2D eigenvalue weighted by atomic mass is 16.5. The third-order valence-corrected chi connectivity index (χ3v) is 13.3. The fourth-order valence-electron chi connectivity index (χ4n) is 8.39. The van der Waals surface area contributed by atoms with Crippen molar-refractivity contribution >= 4 is 52.9 Å². The molecule has 70 heavy (non-hydrogen) atoms. The molecule has 0 aliphatic carbocycles. The minimum atomic E-state index is -1.03. The molecule has 3 heterocycles. The van der Waals surface area contributed by atoms with Gasteiger partial charge in [-0.1, -0.05) is 83.9 Å². The van der Waals surface area contributed by atoms with Crippen LogP contribution in [0.25, 0.3) is 0 Å². The van der Waals surface area contributed by atoms with Gasteiger partial charge in [-0.25, -0.2) is 4.79 Å². The minimum absolute atomic E-state index is 0.00215. The van der Waals surface area contributed by atoms with E-state index >= 15 is 0 Å². The van der Waals surface area contributed by atoms with E-state index in [2.05, 4.69) is 37.4 Å². The van der Waals surface area contributed by atoms with Crippen LogP contribution in [0, 0.1) is 19.3 Å². The number of esters is 1. The Hall–Kier alpha value is -6.51. The van der Waals surface area contributed by atoms with E-state index in [1.807, 2.05) is 39.0 Å².